The Labute approximate surface area is 120 Å². The Balaban J connectivity index is 1.57. The van der Waals surface area contributed by atoms with Gasteiger partial charge in [-0.05, 0) is 41.8 Å². The van der Waals surface area contributed by atoms with Crippen molar-refractivity contribution in [2.75, 3.05) is 13.2 Å². The van der Waals surface area contributed by atoms with E-state index in [1.165, 1.54) is 22.8 Å². The summed E-state index contributed by atoms with van der Waals surface area (Å²) in [5, 5.41) is 6.04. The molecule has 20 heavy (non-hydrogen) atoms. The van der Waals surface area contributed by atoms with Crippen LogP contribution in [-0.4, -0.2) is 24.2 Å². The molecule has 1 aromatic heterocycles. The summed E-state index contributed by atoms with van der Waals surface area (Å²) < 4.78 is 5.73. The predicted octanol–water partition coefficient (Wildman–Crippen LogP) is 3.14. The highest BCUT2D eigenvalue weighted by Crippen LogP contribution is 2.22. The molecular formula is C17H22N2O. The van der Waals surface area contributed by atoms with E-state index < -0.39 is 0 Å². The van der Waals surface area contributed by atoms with E-state index in [0.717, 1.165) is 26.1 Å². The number of benzene rings is 1. The van der Waals surface area contributed by atoms with Gasteiger partial charge in [0.05, 0.1) is 6.10 Å². The van der Waals surface area contributed by atoms with E-state index in [0.29, 0.717) is 12.0 Å². The smallest absolute Gasteiger partial charge is 0.0613 e. The quantitative estimate of drug-likeness (QED) is 0.906. The van der Waals surface area contributed by atoms with Gasteiger partial charge < -0.3 is 10.1 Å². The summed E-state index contributed by atoms with van der Waals surface area (Å²) in [6.07, 6.45) is 6.52. The molecule has 2 atom stereocenters. The number of pyridine rings is 1. The fraction of sp³-hybridized carbons (Fsp3) is 0.471. The maximum atomic E-state index is 5.73. The second-order valence-corrected chi connectivity index (χ2v) is 5.55. The largest absolute Gasteiger partial charge is 0.378 e. The van der Waals surface area contributed by atoms with Crippen LogP contribution in [-0.2, 0) is 11.3 Å². The van der Waals surface area contributed by atoms with Crippen LogP contribution in [0.3, 0.4) is 0 Å². The number of nitrogens with one attached hydrogen (secondary N) is 1. The number of aromatic nitrogens is 1. The number of fused-ring (bicyclic) bond motifs is 1. The first kappa shape index (κ1) is 13.5. The van der Waals surface area contributed by atoms with Crippen molar-refractivity contribution < 1.29 is 4.74 Å². The Hall–Kier alpha value is -1.45. The number of ether oxygens (including phenoxy) is 1. The highest BCUT2D eigenvalue weighted by atomic mass is 16.5. The van der Waals surface area contributed by atoms with Crippen LogP contribution in [0.1, 0.15) is 25.3 Å². The molecule has 0 saturated carbocycles. The molecular weight excluding hydrogens is 248 g/mol. The molecule has 1 aliphatic heterocycles. The third kappa shape index (κ3) is 3.00. The van der Waals surface area contributed by atoms with Gasteiger partial charge in [-0.1, -0.05) is 19.1 Å². The number of nitrogens with zero attached hydrogens (tertiary/aromatic N) is 1. The minimum Gasteiger partial charge on any atom is -0.378 e. The molecule has 1 N–H and O–H groups in total. The standard InChI is InChI=1S/C17H22N2O/c1-2-17-16(6-8-20-17)12-19-10-13-3-4-15-11-18-7-5-14(15)9-13/h3-5,7,9,11,16-17,19H,2,6,8,10,12H2,1H3. The van der Waals surface area contributed by atoms with Gasteiger partial charge >= 0.3 is 0 Å². The molecule has 1 aromatic carbocycles. The molecule has 0 amide bonds. The second-order valence-electron chi connectivity index (χ2n) is 5.55. The fourth-order valence-electron chi connectivity index (χ4n) is 3.02. The van der Waals surface area contributed by atoms with Gasteiger partial charge in [-0.2, -0.15) is 0 Å². The normalized spacial score (nSPS) is 22.4. The zero-order valence-electron chi connectivity index (χ0n) is 12.0. The highest BCUT2D eigenvalue weighted by Gasteiger charge is 2.25. The Kier molecular flexibility index (Phi) is 4.28. The van der Waals surface area contributed by atoms with Crippen LogP contribution < -0.4 is 5.32 Å². The Morgan fingerprint density at radius 2 is 2.25 bits per heavy atom. The maximum absolute atomic E-state index is 5.73. The first-order valence-electron chi connectivity index (χ1n) is 7.52. The summed E-state index contributed by atoms with van der Waals surface area (Å²) >= 11 is 0. The summed E-state index contributed by atoms with van der Waals surface area (Å²) in [6.45, 7) is 5.10. The topological polar surface area (TPSA) is 34.1 Å². The first-order valence-corrected chi connectivity index (χ1v) is 7.52. The van der Waals surface area contributed by atoms with Gasteiger partial charge in [-0.15, -0.1) is 0 Å². The maximum Gasteiger partial charge on any atom is 0.0613 e. The molecule has 0 radical (unpaired) electrons. The summed E-state index contributed by atoms with van der Waals surface area (Å²) in [4.78, 5) is 4.15. The van der Waals surface area contributed by atoms with E-state index in [2.05, 4.69) is 41.5 Å². The molecule has 1 saturated heterocycles. The van der Waals surface area contributed by atoms with Crippen molar-refractivity contribution in [2.45, 2.75) is 32.4 Å². The molecule has 3 rings (SSSR count). The van der Waals surface area contributed by atoms with Gasteiger partial charge in [0, 0.05) is 37.5 Å². The van der Waals surface area contributed by atoms with Crippen molar-refractivity contribution >= 4 is 10.8 Å². The first-order chi connectivity index (χ1) is 9.86. The van der Waals surface area contributed by atoms with Crippen LogP contribution in [0.25, 0.3) is 10.8 Å². The van der Waals surface area contributed by atoms with Crippen LogP contribution in [0.4, 0.5) is 0 Å². The van der Waals surface area contributed by atoms with Crippen molar-refractivity contribution in [2.24, 2.45) is 5.92 Å². The van der Waals surface area contributed by atoms with Crippen molar-refractivity contribution in [3.63, 3.8) is 0 Å². The van der Waals surface area contributed by atoms with E-state index in [4.69, 9.17) is 4.74 Å². The van der Waals surface area contributed by atoms with E-state index in [1.807, 2.05) is 12.4 Å². The molecule has 0 bridgehead atoms. The minimum atomic E-state index is 0.449. The van der Waals surface area contributed by atoms with E-state index in [1.54, 1.807) is 0 Å². The second kappa shape index (κ2) is 6.33. The summed E-state index contributed by atoms with van der Waals surface area (Å²) in [6, 6.07) is 8.63. The lowest BCUT2D eigenvalue weighted by Gasteiger charge is -2.17. The molecule has 3 nitrogen and oxygen atoms in total. The van der Waals surface area contributed by atoms with Gasteiger partial charge in [0.1, 0.15) is 0 Å². The fourth-order valence-corrected chi connectivity index (χ4v) is 3.02. The van der Waals surface area contributed by atoms with Gasteiger partial charge in [0.15, 0.2) is 0 Å². The number of hydrogen-bond donors (Lipinski definition) is 1. The number of hydrogen-bond acceptors (Lipinski definition) is 3. The zero-order chi connectivity index (χ0) is 13.8. The van der Waals surface area contributed by atoms with Crippen molar-refractivity contribution in [3.05, 3.63) is 42.2 Å². The lowest BCUT2D eigenvalue weighted by Crippen LogP contribution is -2.27. The number of rotatable bonds is 5. The molecule has 106 valence electrons. The monoisotopic (exact) mass is 270 g/mol. The van der Waals surface area contributed by atoms with E-state index in [-0.39, 0.29) is 0 Å². The van der Waals surface area contributed by atoms with Gasteiger partial charge in [-0.25, -0.2) is 0 Å². The molecule has 0 aliphatic carbocycles. The average Bonchev–Trinajstić information content (AvgIpc) is 2.95. The highest BCUT2D eigenvalue weighted by molar-refractivity contribution is 5.81. The van der Waals surface area contributed by atoms with E-state index in [9.17, 15) is 0 Å². The van der Waals surface area contributed by atoms with Crippen LogP contribution >= 0.6 is 0 Å². The average molecular weight is 270 g/mol. The van der Waals surface area contributed by atoms with Gasteiger partial charge in [0.25, 0.3) is 0 Å². The third-order valence-electron chi connectivity index (χ3n) is 4.19. The predicted molar refractivity (Wildman–Crippen MR) is 81.6 cm³/mol. The van der Waals surface area contributed by atoms with Crippen molar-refractivity contribution in [1.29, 1.82) is 0 Å². The van der Waals surface area contributed by atoms with Crippen LogP contribution in [0.5, 0.6) is 0 Å². The Morgan fingerprint density at radius 1 is 1.30 bits per heavy atom. The third-order valence-corrected chi connectivity index (χ3v) is 4.19. The van der Waals surface area contributed by atoms with Crippen molar-refractivity contribution in [1.82, 2.24) is 10.3 Å². The minimum absolute atomic E-state index is 0.449. The molecule has 1 aliphatic rings. The molecule has 3 heteroatoms. The van der Waals surface area contributed by atoms with E-state index >= 15 is 0 Å². The molecule has 2 unspecified atom stereocenters. The molecule has 1 fully saturated rings. The van der Waals surface area contributed by atoms with Crippen LogP contribution in [0, 0.1) is 5.92 Å². The van der Waals surface area contributed by atoms with Gasteiger partial charge in [0.2, 0.25) is 0 Å². The lowest BCUT2D eigenvalue weighted by atomic mass is 9.99. The zero-order valence-corrected chi connectivity index (χ0v) is 12.0. The summed E-state index contributed by atoms with van der Waals surface area (Å²) in [5.74, 6) is 0.671. The van der Waals surface area contributed by atoms with Crippen molar-refractivity contribution in [3.8, 4) is 0 Å². The van der Waals surface area contributed by atoms with Crippen LogP contribution in [0.15, 0.2) is 36.7 Å². The van der Waals surface area contributed by atoms with Gasteiger partial charge in [-0.3, -0.25) is 4.98 Å². The summed E-state index contributed by atoms with van der Waals surface area (Å²) in [7, 11) is 0. The molecule has 0 spiro atoms. The molecule has 2 aromatic rings. The Bertz CT molecular complexity index is 570. The SMILES string of the molecule is CCC1OCCC1CNCc1ccc2cnccc2c1. The molecule has 2 heterocycles. The summed E-state index contributed by atoms with van der Waals surface area (Å²) in [5.41, 5.74) is 1.33. The lowest BCUT2D eigenvalue weighted by molar-refractivity contribution is 0.0872. The Morgan fingerprint density at radius 3 is 3.15 bits per heavy atom. The van der Waals surface area contributed by atoms with Crippen LogP contribution in [0.2, 0.25) is 0 Å².